The zero-order chi connectivity index (χ0) is 13.9. The lowest BCUT2D eigenvalue weighted by Gasteiger charge is -2.16. The molecule has 2 N–H and O–H groups in total. The van der Waals surface area contributed by atoms with E-state index in [0.29, 0.717) is 12.5 Å². The Morgan fingerprint density at radius 1 is 1.60 bits per heavy atom. The van der Waals surface area contributed by atoms with Crippen molar-refractivity contribution in [3.63, 3.8) is 0 Å². The Labute approximate surface area is 120 Å². The summed E-state index contributed by atoms with van der Waals surface area (Å²) >= 11 is 1.58. The second kappa shape index (κ2) is 5.62. The lowest BCUT2D eigenvalue weighted by Crippen LogP contribution is -2.38. The summed E-state index contributed by atoms with van der Waals surface area (Å²) in [5.41, 5.74) is 0.717. The number of hydrogen-bond acceptors (Lipinski definition) is 5. The molecule has 1 aliphatic carbocycles. The maximum atomic E-state index is 12.0. The molecule has 2 amide bonds. The molecule has 2 heterocycles. The lowest BCUT2D eigenvalue weighted by molar-refractivity contribution is 0.234. The van der Waals surface area contributed by atoms with Gasteiger partial charge >= 0.3 is 6.03 Å². The van der Waals surface area contributed by atoms with Gasteiger partial charge < -0.3 is 15.2 Å². The maximum absolute atomic E-state index is 12.0. The van der Waals surface area contributed by atoms with Crippen molar-refractivity contribution >= 4 is 17.4 Å². The molecule has 0 saturated heterocycles. The summed E-state index contributed by atoms with van der Waals surface area (Å²) in [6.07, 6.45) is 4.06. The molecular formula is C13H16N4O2S. The molecule has 6 nitrogen and oxygen atoms in total. The molecule has 0 unspecified atom stereocenters. The van der Waals surface area contributed by atoms with Gasteiger partial charge in [0.2, 0.25) is 0 Å². The van der Waals surface area contributed by atoms with Crippen LogP contribution in [-0.2, 0) is 6.54 Å². The fraction of sp³-hybridized carbons (Fsp3) is 0.462. The van der Waals surface area contributed by atoms with E-state index in [-0.39, 0.29) is 12.1 Å². The van der Waals surface area contributed by atoms with Gasteiger partial charge in [-0.2, -0.15) is 0 Å². The van der Waals surface area contributed by atoms with Gasteiger partial charge in [0.15, 0.2) is 0 Å². The van der Waals surface area contributed by atoms with Gasteiger partial charge in [0, 0.05) is 17.6 Å². The Balaban J connectivity index is 1.54. The van der Waals surface area contributed by atoms with Gasteiger partial charge in [-0.3, -0.25) is 0 Å². The molecule has 1 aliphatic rings. The summed E-state index contributed by atoms with van der Waals surface area (Å²) in [4.78, 5) is 16.3. The highest BCUT2D eigenvalue weighted by atomic mass is 32.1. The number of hydrogen-bond donors (Lipinski definition) is 2. The summed E-state index contributed by atoms with van der Waals surface area (Å²) in [6.45, 7) is 2.18. The minimum Gasteiger partial charge on any atom is -0.361 e. The van der Waals surface area contributed by atoms with Crippen LogP contribution in [0.25, 0.3) is 0 Å². The van der Waals surface area contributed by atoms with Gasteiger partial charge in [-0.1, -0.05) is 5.16 Å². The van der Waals surface area contributed by atoms with Gasteiger partial charge in [-0.05, 0) is 25.7 Å². The summed E-state index contributed by atoms with van der Waals surface area (Å²) < 4.78 is 4.95. The summed E-state index contributed by atoms with van der Waals surface area (Å²) in [6, 6.07) is 1.63. The number of urea groups is 1. The van der Waals surface area contributed by atoms with Gasteiger partial charge in [-0.25, -0.2) is 9.78 Å². The van der Waals surface area contributed by atoms with Crippen LogP contribution in [0.3, 0.4) is 0 Å². The number of nitrogens with zero attached hydrogens (tertiary/aromatic N) is 2. The van der Waals surface area contributed by atoms with Crippen molar-refractivity contribution in [3.8, 4) is 0 Å². The number of thiazole rings is 1. The average molecular weight is 292 g/mol. The molecular weight excluding hydrogens is 276 g/mol. The van der Waals surface area contributed by atoms with E-state index in [4.69, 9.17) is 4.52 Å². The van der Waals surface area contributed by atoms with Gasteiger partial charge in [-0.15, -0.1) is 11.3 Å². The third-order valence-corrected chi connectivity index (χ3v) is 4.06. The molecule has 0 bridgehead atoms. The van der Waals surface area contributed by atoms with Crippen molar-refractivity contribution in [1.29, 1.82) is 0 Å². The molecule has 1 atom stereocenters. The molecule has 2 aromatic heterocycles. The third kappa shape index (κ3) is 3.16. The van der Waals surface area contributed by atoms with Crippen LogP contribution in [0, 0.1) is 12.8 Å². The van der Waals surface area contributed by atoms with Gasteiger partial charge in [0.05, 0.1) is 12.6 Å². The molecule has 106 valence electrons. The van der Waals surface area contributed by atoms with Crippen molar-refractivity contribution in [2.24, 2.45) is 5.92 Å². The number of nitrogens with one attached hydrogen (secondary N) is 2. The van der Waals surface area contributed by atoms with Crippen LogP contribution in [0.15, 0.2) is 22.2 Å². The lowest BCUT2D eigenvalue weighted by atomic mass is 10.2. The molecule has 1 saturated carbocycles. The standard InChI is InChI=1S/C13H16N4O2S/c1-8-6-10(17-19-8)7-15-13(18)16-11(9-2-3-9)12-14-4-5-20-12/h4-6,9,11H,2-3,7H2,1H3,(H2,15,16,18)/t11-/m0/s1. The fourth-order valence-corrected chi connectivity index (χ4v) is 2.84. The van der Waals surface area contributed by atoms with Crippen LogP contribution >= 0.6 is 11.3 Å². The molecule has 2 aromatic rings. The van der Waals surface area contributed by atoms with E-state index in [9.17, 15) is 4.79 Å². The minimum absolute atomic E-state index is 0.0223. The van der Waals surface area contributed by atoms with Crippen LogP contribution in [0.2, 0.25) is 0 Å². The Morgan fingerprint density at radius 3 is 3.05 bits per heavy atom. The smallest absolute Gasteiger partial charge is 0.315 e. The van der Waals surface area contributed by atoms with E-state index in [1.54, 1.807) is 23.6 Å². The number of carbonyl (C=O) groups excluding carboxylic acids is 1. The molecule has 7 heteroatoms. The minimum atomic E-state index is -0.197. The molecule has 0 aromatic carbocycles. The third-order valence-electron chi connectivity index (χ3n) is 3.20. The van der Waals surface area contributed by atoms with Crippen LogP contribution in [0.5, 0.6) is 0 Å². The number of aromatic nitrogens is 2. The first-order valence-corrected chi connectivity index (χ1v) is 7.46. The Kier molecular flexibility index (Phi) is 3.68. The van der Waals surface area contributed by atoms with Crippen LogP contribution < -0.4 is 10.6 Å². The number of aryl methyl sites for hydroxylation is 1. The van der Waals surface area contributed by atoms with Crippen molar-refractivity contribution in [2.45, 2.75) is 32.4 Å². The Morgan fingerprint density at radius 2 is 2.45 bits per heavy atom. The van der Waals surface area contributed by atoms with E-state index >= 15 is 0 Å². The molecule has 1 fully saturated rings. The van der Waals surface area contributed by atoms with E-state index in [2.05, 4.69) is 20.8 Å². The predicted octanol–water partition coefficient (Wildman–Crippen LogP) is 2.39. The number of carbonyl (C=O) groups is 1. The van der Waals surface area contributed by atoms with E-state index in [1.165, 1.54) is 0 Å². The normalized spacial score (nSPS) is 15.8. The highest BCUT2D eigenvalue weighted by Crippen LogP contribution is 2.41. The molecule has 0 spiro atoms. The molecule has 0 aliphatic heterocycles. The first-order chi connectivity index (χ1) is 9.72. The van der Waals surface area contributed by atoms with Crippen LogP contribution in [0.4, 0.5) is 4.79 Å². The zero-order valence-electron chi connectivity index (χ0n) is 11.1. The van der Waals surface area contributed by atoms with Crippen molar-refractivity contribution in [2.75, 3.05) is 0 Å². The van der Waals surface area contributed by atoms with E-state index < -0.39 is 0 Å². The topological polar surface area (TPSA) is 80.0 Å². The Bertz CT molecular complexity index is 577. The summed E-state index contributed by atoms with van der Waals surface area (Å²) in [7, 11) is 0. The second-order valence-corrected chi connectivity index (χ2v) is 5.87. The largest absolute Gasteiger partial charge is 0.361 e. The quantitative estimate of drug-likeness (QED) is 0.886. The fourth-order valence-electron chi connectivity index (χ4n) is 2.06. The predicted molar refractivity (Wildman–Crippen MR) is 74.2 cm³/mol. The number of rotatable bonds is 5. The summed E-state index contributed by atoms with van der Waals surface area (Å²) in [5.74, 6) is 1.25. The molecule has 3 rings (SSSR count). The van der Waals surface area contributed by atoms with E-state index in [0.717, 1.165) is 29.3 Å². The number of amides is 2. The zero-order valence-corrected chi connectivity index (χ0v) is 11.9. The van der Waals surface area contributed by atoms with Crippen molar-refractivity contribution in [3.05, 3.63) is 34.1 Å². The molecule has 20 heavy (non-hydrogen) atoms. The monoisotopic (exact) mass is 292 g/mol. The van der Waals surface area contributed by atoms with Gasteiger partial charge in [0.1, 0.15) is 16.5 Å². The summed E-state index contributed by atoms with van der Waals surface area (Å²) in [5, 5.41) is 12.5. The highest BCUT2D eigenvalue weighted by Gasteiger charge is 2.34. The first kappa shape index (κ1) is 13.1. The Hall–Kier alpha value is -1.89. The van der Waals surface area contributed by atoms with Crippen molar-refractivity contribution in [1.82, 2.24) is 20.8 Å². The SMILES string of the molecule is Cc1cc(CNC(=O)N[C@H](c2nccs2)C2CC2)no1. The van der Waals surface area contributed by atoms with Gasteiger partial charge in [0.25, 0.3) is 0 Å². The maximum Gasteiger partial charge on any atom is 0.315 e. The molecule has 0 radical (unpaired) electrons. The van der Waals surface area contributed by atoms with Crippen molar-refractivity contribution < 1.29 is 9.32 Å². The van der Waals surface area contributed by atoms with Crippen LogP contribution in [-0.4, -0.2) is 16.2 Å². The van der Waals surface area contributed by atoms with E-state index in [1.807, 2.05) is 12.3 Å². The highest BCUT2D eigenvalue weighted by molar-refractivity contribution is 7.09. The van der Waals surface area contributed by atoms with Crippen LogP contribution in [0.1, 0.15) is 35.3 Å². The second-order valence-electron chi connectivity index (χ2n) is 4.94. The first-order valence-electron chi connectivity index (χ1n) is 6.58. The average Bonchev–Trinajstić information content (AvgIpc) is 2.96.